The highest BCUT2D eigenvalue weighted by Crippen LogP contribution is 2.35. The number of carbonyl (C=O) groups excluding carboxylic acids is 1. The van der Waals surface area contributed by atoms with Crippen molar-refractivity contribution in [2.24, 2.45) is 5.92 Å². The van der Waals surface area contributed by atoms with E-state index in [1.54, 1.807) is 12.1 Å². The normalized spacial score (nSPS) is 16.4. The maximum atomic E-state index is 13.2. The second-order valence-electron chi connectivity index (χ2n) is 5.72. The molecule has 1 fully saturated rings. The van der Waals surface area contributed by atoms with Crippen molar-refractivity contribution in [3.63, 3.8) is 0 Å². The maximum absolute atomic E-state index is 13.2. The van der Waals surface area contributed by atoms with E-state index in [-0.39, 0.29) is 23.5 Å². The van der Waals surface area contributed by atoms with Gasteiger partial charge in [0.05, 0.1) is 11.8 Å². The molecule has 0 saturated heterocycles. The lowest BCUT2D eigenvalue weighted by molar-refractivity contribution is -0.119. The fourth-order valence-electron chi connectivity index (χ4n) is 3.05. The van der Waals surface area contributed by atoms with Gasteiger partial charge in [0.2, 0.25) is 5.91 Å². The Morgan fingerprint density at radius 1 is 1.35 bits per heavy atom. The molecule has 2 aromatic rings. The van der Waals surface area contributed by atoms with E-state index in [9.17, 15) is 9.18 Å². The molecule has 2 N–H and O–H groups in total. The van der Waals surface area contributed by atoms with Crippen LogP contribution in [0.15, 0.2) is 35.7 Å². The molecule has 1 heterocycles. The third-order valence-corrected chi connectivity index (χ3v) is 5.03. The first kappa shape index (κ1) is 16.0. The first-order valence-electron chi connectivity index (χ1n) is 7.75. The molecular weight excluding hydrogens is 315 g/mol. The molecule has 122 valence electrons. The van der Waals surface area contributed by atoms with Crippen molar-refractivity contribution in [1.29, 1.82) is 0 Å². The highest BCUT2D eigenvalue weighted by atomic mass is 32.2. The van der Waals surface area contributed by atoms with Gasteiger partial charge < -0.3 is 5.32 Å². The number of nitrogens with one attached hydrogen (secondary N) is 2. The summed E-state index contributed by atoms with van der Waals surface area (Å²) >= 11 is 1.32. The molecule has 1 saturated carbocycles. The van der Waals surface area contributed by atoms with Crippen LogP contribution in [0.5, 0.6) is 0 Å². The Balaban J connectivity index is 1.65. The van der Waals surface area contributed by atoms with Crippen molar-refractivity contribution in [1.82, 2.24) is 20.5 Å². The Labute approximate surface area is 138 Å². The summed E-state index contributed by atoms with van der Waals surface area (Å²) in [6, 6.07) is 6.38. The van der Waals surface area contributed by atoms with Gasteiger partial charge in [0.25, 0.3) is 0 Å². The van der Waals surface area contributed by atoms with E-state index in [1.807, 2.05) is 0 Å². The topological polar surface area (TPSA) is 70.7 Å². The monoisotopic (exact) mass is 334 g/mol. The van der Waals surface area contributed by atoms with Gasteiger partial charge in [-0.25, -0.2) is 9.37 Å². The quantitative estimate of drug-likeness (QED) is 0.797. The van der Waals surface area contributed by atoms with Crippen LogP contribution in [0.2, 0.25) is 0 Å². The molecule has 0 spiro atoms. The number of carbonyl (C=O) groups is 1. The Kier molecular flexibility index (Phi) is 5.27. The first-order valence-corrected chi connectivity index (χ1v) is 8.74. The lowest BCUT2D eigenvalue weighted by atomic mass is 9.91. The van der Waals surface area contributed by atoms with Crippen LogP contribution < -0.4 is 5.32 Å². The number of benzene rings is 1. The summed E-state index contributed by atoms with van der Waals surface area (Å²) in [7, 11) is 0. The summed E-state index contributed by atoms with van der Waals surface area (Å²) in [4.78, 5) is 16.3. The van der Waals surface area contributed by atoms with E-state index >= 15 is 0 Å². The molecule has 0 aliphatic heterocycles. The average molecular weight is 334 g/mol. The molecule has 1 aromatic heterocycles. The Morgan fingerprint density at radius 2 is 2.09 bits per heavy atom. The summed E-state index contributed by atoms with van der Waals surface area (Å²) < 4.78 is 13.2. The summed E-state index contributed by atoms with van der Waals surface area (Å²) in [5.41, 5.74) is 0.969. The van der Waals surface area contributed by atoms with Crippen molar-refractivity contribution in [3.8, 4) is 0 Å². The van der Waals surface area contributed by atoms with Crippen molar-refractivity contribution < 1.29 is 9.18 Å². The molecule has 1 aliphatic rings. The lowest BCUT2D eigenvalue weighted by Gasteiger charge is -2.25. The van der Waals surface area contributed by atoms with Crippen LogP contribution >= 0.6 is 11.8 Å². The minimum atomic E-state index is -0.258. The number of amides is 1. The minimum absolute atomic E-state index is 0.0485. The van der Waals surface area contributed by atoms with Gasteiger partial charge in [0.1, 0.15) is 12.1 Å². The van der Waals surface area contributed by atoms with E-state index in [4.69, 9.17) is 0 Å². The number of rotatable bonds is 6. The first-order chi connectivity index (χ1) is 11.2. The van der Waals surface area contributed by atoms with Crippen LogP contribution in [0.1, 0.15) is 37.3 Å². The van der Waals surface area contributed by atoms with Gasteiger partial charge >= 0.3 is 0 Å². The Bertz CT molecular complexity index is 626. The molecule has 5 nitrogen and oxygen atoms in total. The van der Waals surface area contributed by atoms with E-state index in [2.05, 4.69) is 20.5 Å². The number of hydrogen-bond acceptors (Lipinski definition) is 4. The summed E-state index contributed by atoms with van der Waals surface area (Å²) in [6.45, 7) is 0. The molecule has 1 aromatic carbocycles. The molecule has 1 aliphatic carbocycles. The van der Waals surface area contributed by atoms with Crippen molar-refractivity contribution >= 4 is 17.7 Å². The highest BCUT2D eigenvalue weighted by molar-refractivity contribution is 7.99. The van der Waals surface area contributed by atoms with Crippen molar-refractivity contribution in [2.75, 3.05) is 5.75 Å². The zero-order valence-corrected chi connectivity index (χ0v) is 13.5. The summed E-state index contributed by atoms with van der Waals surface area (Å²) in [6.07, 6.45) is 5.98. The number of H-pyrrole nitrogens is 1. The third-order valence-electron chi connectivity index (χ3n) is 4.15. The molecule has 7 heteroatoms. The number of thioether (sulfide) groups is 1. The lowest BCUT2D eigenvalue weighted by Crippen LogP contribution is -2.34. The predicted molar refractivity (Wildman–Crippen MR) is 86.3 cm³/mol. The highest BCUT2D eigenvalue weighted by Gasteiger charge is 2.27. The Hall–Kier alpha value is -1.89. The Morgan fingerprint density at radius 3 is 2.74 bits per heavy atom. The van der Waals surface area contributed by atoms with E-state index in [0.29, 0.717) is 11.1 Å². The van der Waals surface area contributed by atoms with Crippen LogP contribution in [0.3, 0.4) is 0 Å². The molecule has 0 unspecified atom stereocenters. The fourth-order valence-corrected chi connectivity index (χ4v) is 3.64. The van der Waals surface area contributed by atoms with Crippen LogP contribution in [-0.2, 0) is 4.79 Å². The van der Waals surface area contributed by atoms with E-state index < -0.39 is 0 Å². The molecule has 1 amide bonds. The van der Waals surface area contributed by atoms with Crippen LogP contribution in [0.25, 0.3) is 0 Å². The summed E-state index contributed by atoms with van der Waals surface area (Å²) in [5, 5.41) is 10.2. The largest absolute Gasteiger partial charge is 0.348 e. The molecule has 0 bridgehead atoms. The summed E-state index contributed by atoms with van der Waals surface area (Å²) in [5.74, 6) is 0.387. The standard InChI is InChI=1S/C16H19FN4OS/c17-13-7-5-12(6-8-13)15(11-3-1-2-4-11)20-14(22)9-23-16-18-10-19-21-16/h5-8,10-11,15H,1-4,9H2,(H,20,22)(H,18,19,21)/t15-/m1/s1. The number of hydrogen-bond donors (Lipinski definition) is 2. The molecule has 1 atom stereocenters. The third kappa shape index (κ3) is 4.31. The number of aromatic nitrogens is 3. The average Bonchev–Trinajstić information content (AvgIpc) is 3.25. The fraction of sp³-hybridized carbons (Fsp3) is 0.438. The number of nitrogens with zero attached hydrogens (tertiary/aromatic N) is 2. The van der Waals surface area contributed by atoms with Gasteiger partial charge in [0.15, 0.2) is 5.16 Å². The SMILES string of the molecule is O=C(CSc1ncn[nH]1)N[C@@H](c1ccc(F)cc1)C1CCCC1. The van der Waals surface area contributed by atoms with Crippen LogP contribution in [0, 0.1) is 11.7 Å². The molecular formula is C16H19FN4OS. The number of aromatic amines is 1. The van der Waals surface area contributed by atoms with Gasteiger partial charge in [0, 0.05) is 0 Å². The zero-order valence-electron chi connectivity index (χ0n) is 12.7. The van der Waals surface area contributed by atoms with Gasteiger partial charge in [-0.15, -0.1) is 0 Å². The maximum Gasteiger partial charge on any atom is 0.230 e. The second kappa shape index (κ2) is 7.59. The van der Waals surface area contributed by atoms with E-state index in [0.717, 1.165) is 18.4 Å². The van der Waals surface area contributed by atoms with Crippen LogP contribution in [-0.4, -0.2) is 26.8 Å². The van der Waals surface area contributed by atoms with Crippen LogP contribution in [0.4, 0.5) is 4.39 Å². The predicted octanol–water partition coefficient (Wildman–Crippen LogP) is 3.08. The van der Waals surface area contributed by atoms with Gasteiger partial charge in [-0.2, -0.15) is 5.10 Å². The van der Waals surface area contributed by atoms with E-state index in [1.165, 1.54) is 43.1 Å². The molecule has 23 heavy (non-hydrogen) atoms. The smallest absolute Gasteiger partial charge is 0.230 e. The van der Waals surface area contributed by atoms with Crippen molar-refractivity contribution in [3.05, 3.63) is 42.0 Å². The minimum Gasteiger partial charge on any atom is -0.348 e. The van der Waals surface area contributed by atoms with Gasteiger partial charge in [-0.1, -0.05) is 36.7 Å². The molecule has 3 rings (SSSR count). The van der Waals surface area contributed by atoms with Crippen molar-refractivity contribution in [2.45, 2.75) is 36.9 Å². The second-order valence-corrected chi connectivity index (χ2v) is 6.68. The zero-order chi connectivity index (χ0) is 16.1. The van der Waals surface area contributed by atoms with Gasteiger partial charge in [-0.3, -0.25) is 9.89 Å². The van der Waals surface area contributed by atoms with Gasteiger partial charge in [-0.05, 0) is 36.5 Å². The number of halogens is 1. The molecule has 0 radical (unpaired) electrons.